The molecule has 2 fully saturated rings. The van der Waals surface area contributed by atoms with Gasteiger partial charge in [0.25, 0.3) is 0 Å². The molecular weight excluding hydrogens is 255 g/mol. The average Bonchev–Trinajstić information content (AvgIpc) is 2.80. The van der Waals surface area contributed by atoms with E-state index in [1.54, 1.807) is 12.1 Å². The van der Waals surface area contributed by atoms with Crippen LogP contribution in [0.4, 0.5) is 4.39 Å². The molecule has 0 bridgehead atoms. The molecule has 0 spiro atoms. The zero-order valence-corrected chi connectivity index (χ0v) is 11.4. The summed E-state index contributed by atoms with van der Waals surface area (Å²) in [6.45, 7) is 0. The normalized spacial score (nSPS) is 39.0. The maximum absolute atomic E-state index is 14.7. The maximum atomic E-state index is 14.7. The van der Waals surface area contributed by atoms with E-state index < -0.39 is 6.17 Å². The number of hydrogen-bond donors (Lipinski definition) is 1. The highest BCUT2D eigenvalue weighted by molar-refractivity contribution is 5.83. The van der Waals surface area contributed by atoms with E-state index in [1.807, 2.05) is 6.07 Å². The summed E-state index contributed by atoms with van der Waals surface area (Å²) >= 11 is 0. The van der Waals surface area contributed by atoms with Gasteiger partial charge in [-0.1, -0.05) is 6.07 Å². The smallest absolute Gasteiger partial charge is 0.136 e. The van der Waals surface area contributed by atoms with E-state index in [4.69, 9.17) is 0 Å². The van der Waals surface area contributed by atoms with Crippen LogP contribution in [0.2, 0.25) is 0 Å². The fraction of sp³-hybridized carbons (Fsp3) is 0.588. The van der Waals surface area contributed by atoms with Gasteiger partial charge < -0.3 is 5.11 Å². The van der Waals surface area contributed by atoms with Gasteiger partial charge in [0, 0.05) is 18.3 Å². The monoisotopic (exact) mass is 274 g/mol. The van der Waals surface area contributed by atoms with Gasteiger partial charge in [-0.3, -0.25) is 4.79 Å². The van der Waals surface area contributed by atoms with Gasteiger partial charge in [-0.2, -0.15) is 0 Å². The molecule has 0 aliphatic heterocycles. The Morgan fingerprint density at radius 3 is 2.80 bits per heavy atom. The van der Waals surface area contributed by atoms with Crippen LogP contribution >= 0.6 is 0 Å². The lowest BCUT2D eigenvalue weighted by Crippen LogP contribution is -2.41. The molecule has 0 amide bonds. The van der Waals surface area contributed by atoms with Gasteiger partial charge in [0.2, 0.25) is 0 Å². The van der Waals surface area contributed by atoms with Gasteiger partial charge in [0.15, 0.2) is 0 Å². The Morgan fingerprint density at radius 2 is 1.95 bits per heavy atom. The fourth-order valence-corrected chi connectivity index (χ4v) is 4.95. The lowest BCUT2D eigenvalue weighted by molar-refractivity contribution is -0.123. The number of aryl methyl sites for hydroxylation is 1. The molecular formula is C17H19FO2. The minimum atomic E-state index is -0.910. The van der Waals surface area contributed by atoms with E-state index in [2.05, 4.69) is 0 Å². The fourth-order valence-electron chi connectivity index (χ4n) is 4.95. The first-order valence-electron chi connectivity index (χ1n) is 7.63. The van der Waals surface area contributed by atoms with Crippen LogP contribution in [0.1, 0.15) is 42.7 Å². The van der Waals surface area contributed by atoms with Crippen molar-refractivity contribution in [3.63, 3.8) is 0 Å². The first-order chi connectivity index (χ1) is 9.65. The van der Waals surface area contributed by atoms with Gasteiger partial charge in [-0.25, -0.2) is 4.39 Å². The predicted molar refractivity (Wildman–Crippen MR) is 73.4 cm³/mol. The summed E-state index contributed by atoms with van der Waals surface area (Å²) in [6.07, 6.45) is 2.95. The number of alkyl halides is 1. The van der Waals surface area contributed by atoms with Crippen molar-refractivity contribution >= 4 is 5.78 Å². The Morgan fingerprint density at radius 1 is 1.15 bits per heavy atom. The first-order valence-corrected chi connectivity index (χ1v) is 7.63. The second kappa shape index (κ2) is 4.31. The largest absolute Gasteiger partial charge is 0.508 e. The Balaban J connectivity index is 1.75. The topological polar surface area (TPSA) is 37.3 Å². The van der Waals surface area contributed by atoms with E-state index in [1.165, 1.54) is 0 Å². The molecule has 20 heavy (non-hydrogen) atoms. The summed E-state index contributed by atoms with van der Waals surface area (Å²) in [6, 6.07) is 5.34. The number of hydrogen-bond acceptors (Lipinski definition) is 2. The third-order valence-electron chi connectivity index (χ3n) is 5.77. The number of carbonyl (C=O) groups excluding carboxylic acids is 1. The molecule has 4 unspecified atom stereocenters. The summed E-state index contributed by atoms with van der Waals surface area (Å²) < 4.78 is 14.7. The Kier molecular flexibility index (Phi) is 2.66. The molecule has 1 aromatic rings. The standard InChI is InChI=1S/C17H19FO2/c18-15-8-14-12(5-6-16(14)20)13-3-1-9-7-10(19)2-4-11(9)17(13)15/h2,4,7,12-15,17,19H,1,3,5-6,8H2/t12?,13?,14?,15-,17?/m0/s1. The second-order valence-corrected chi connectivity index (χ2v) is 6.64. The molecule has 2 saturated carbocycles. The zero-order valence-electron chi connectivity index (χ0n) is 11.4. The number of ketones is 1. The molecule has 3 aliphatic rings. The molecule has 4 rings (SSSR count). The highest BCUT2D eigenvalue weighted by atomic mass is 19.1. The number of phenolic OH excluding ortho intramolecular Hbond substituents is 1. The van der Waals surface area contributed by atoms with Crippen LogP contribution in [0.3, 0.4) is 0 Å². The molecule has 106 valence electrons. The van der Waals surface area contributed by atoms with E-state index in [-0.39, 0.29) is 23.4 Å². The summed E-state index contributed by atoms with van der Waals surface area (Å²) in [5.41, 5.74) is 2.17. The number of Topliss-reactive ketones (excluding diaryl/α,β-unsaturated/α-hetero) is 1. The molecule has 0 aromatic heterocycles. The van der Waals surface area contributed by atoms with Crippen LogP contribution in [-0.2, 0) is 11.2 Å². The summed E-state index contributed by atoms with van der Waals surface area (Å²) in [5, 5.41) is 9.60. The SMILES string of the molecule is O=C1CCC2C1C[C@H](F)C1c3ccc(O)cc3CCC21. The van der Waals surface area contributed by atoms with Crippen LogP contribution in [0.25, 0.3) is 0 Å². The zero-order chi connectivity index (χ0) is 13.9. The summed E-state index contributed by atoms with van der Waals surface area (Å²) in [7, 11) is 0. The highest BCUT2D eigenvalue weighted by Gasteiger charge is 2.51. The summed E-state index contributed by atoms with van der Waals surface area (Å²) in [4.78, 5) is 11.9. The highest BCUT2D eigenvalue weighted by Crippen LogP contribution is 2.55. The van der Waals surface area contributed by atoms with Crippen molar-refractivity contribution < 1.29 is 14.3 Å². The third kappa shape index (κ3) is 1.65. The Labute approximate surface area is 118 Å². The molecule has 3 heteroatoms. The number of aromatic hydroxyl groups is 1. The Bertz CT molecular complexity index is 568. The number of fused-ring (bicyclic) bond motifs is 5. The van der Waals surface area contributed by atoms with Crippen molar-refractivity contribution in [1.82, 2.24) is 0 Å². The van der Waals surface area contributed by atoms with Crippen LogP contribution in [0.5, 0.6) is 5.75 Å². The third-order valence-corrected chi connectivity index (χ3v) is 5.77. The predicted octanol–water partition coefficient (Wildman–Crippen LogP) is 3.38. The first kappa shape index (κ1) is 12.4. The summed E-state index contributed by atoms with van der Waals surface area (Å²) in [5.74, 6) is 1.17. The lowest BCUT2D eigenvalue weighted by Gasteiger charge is -2.45. The van der Waals surface area contributed by atoms with E-state index in [0.717, 1.165) is 30.4 Å². The van der Waals surface area contributed by atoms with E-state index in [0.29, 0.717) is 24.7 Å². The van der Waals surface area contributed by atoms with Gasteiger partial charge >= 0.3 is 0 Å². The number of benzene rings is 1. The molecule has 0 radical (unpaired) electrons. The molecule has 1 N–H and O–H groups in total. The molecule has 1 aromatic carbocycles. The van der Waals surface area contributed by atoms with Gasteiger partial charge in [0.05, 0.1) is 0 Å². The van der Waals surface area contributed by atoms with Crippen molar-refractivity contribution in [3.05, 3.63) is 29.3 Å². The minimum Gasteiger partial charge on any atom is -0.508 e. The van der Waals surface area contributed by atoms with Crippen molar-refractivity contribution in [2.75, 3.05) is 0 Å². The van der Waals surface area contributed by atoms with E-state index in [9.17, 15) is 14.3 Å². The molecule has 3 aliphatic carbocycles. The average molecular weight is 274 g/mol. The quantitative estimate of drug-likeness (QED) is 0.787. The maximum Gasteiger partial charge on any atom is 0.136 e. The molecule has 0 heterocycles. The molecule has 2 nitrogen and oxygen atoms in total. The Hall–Kier alpha value is -1.38. The number of rotatable bonds is 0. The van der Waals surface area contributed by atoms with Crippen LogP contribution < -0.4 is 0 Å². The molecule has 5 atom stereocenters. The second-order valence-electron chi connectivity index (χ2n) is 6.64. The van der Waals surface area contributed by atoms with Crippen molar-refractivity contribution in [2.45, 2.75) is 44.2 Å². The van der Waals surface area contributed by atoms with Gasteiger partial charge in [-0.05, 0) is 60.8 Å². The van der Waals surface area contributed by atoms with Crippen LogP contribution in [0.15, 0.2) is 18.2 Å². The van der Waals surface area contributed by atoms with Crippen molar-refractivity contribution in [2.24, 2.45) is 17.8 Å². The van der Waals surface area contributed by atoms with E-state index >= 15 is 0 Å². The van der Waals surface area contributed by atoms with Gasteiger partial charge in [-0.15, -0.1) is 0 Å². The number of halogens is 1. The minimum absolute atomic E-state index is 0.0232. The van der Waals surface area contributed by atoms with Crippen molar-refractivity contribution in [1.29, 1.82) is 0 Å². The van der Waals surface area contributed by atoms with Gasteiger partial charge in [0.1, 0.15) is 17.7 Å². The lowest BCUT2D eigenvalue weighted by atomic mass is 9.60. The van der Waals surface area contributed by atoms with Crippen molar-refractivity contribution in [3.8, 4) is 5.75 Å². The van der Waals surface area contributed by atoms with Crippen LogP contribution in [-0.4, -0.2) is 17.1 Å². The number of carbonyl (C=O) groups is 1. The van der Waals surface area contributed by atoms with Crippen LogP contribution in [0, 0.1) is 17.8 Å². The number of phenols is 1. The molecule has 0 saturated heterocycles.